The van der Waals surface area contributed by atoms with E-state index in [1.807, 2.05) is 47.8 Å². The molecule has 5 rings (SSSR count). The summed E-state index contributed by atoms with van der Waals surface area (Å²) < 4.78 is 30.6. The molecule has 0 atom stereocenters. The standard InChI is InChI=1S/C27H20N6O6S2/c34-27(35)21-9-4-5-10-22(21)31-41(38,39)25-15-20(33(36)37)12-13-23(25)29-28-16-18-17-32(19-7-2-1-3-8-19)30-26(18)24-11-6-14-40-24/h1-17,29,31H,(H,34,35)/b28-16-. The molecule has 5 aromatic rings. The van der Waals surface area contributed by atoms with Crippen LogP contribution in [0.2, 0.25) is 0 Å². The summed E-state index contributed by atoms with van der Waals surface area (Å²) in [6.45, 7) is 0. The van der Waals surface area contributed by atoms with Gasteiger partial charge in [0.1, 0.15) is 10.6 Å². The predicted molar refractivity (Wildman–Crippen MR) is 155 cm³/mol. The molecule has 206 valence electrons. The summed E-state index contributed by atoms with van der Waals surface area (Å²) in [4.78, 5) is 22.6. The van der Waals surface area contributed by atoms with Crippen molar-refractivity contribution in [3.63, 3.8) is 0 Å². The lowest BCUT2D eigenvalue weighted by atomic mass is 10.2. The second kappa shape index (κ2) is 11.4. The number of hydrogen-bond acceptors (Lipinski definition) is 9. The summed E-state index contributed by atoms with van der Waals surface area (Å²) in [5.74, 6) is -1.34. The first-order valence-electron chi connectivity index (χ1n) is 11.8. The molecule has 0 amide bonds. The molecule has 0 aliphatic heterocycles. The van der Waals surface area contributed by atoms with E-state index in [-0.39, 0.29) is 16.9 Å². The van der Waals surface area contributed by atoms with Crippen molar-refractivity contribution in [2.45, 2.75) is 4.90 Å². The minimum atomic E-state index is -4.50. The molecule has 0 unspecified atom stereocenters. The Hall–Kier alpha value is -5.34. The van der Waals surface area contributed by atoms with Crippen molar-refractivity contribution >= 4 is 50.6 Å². The number of thiophene rings is 1. The second-order valence-corrected chi connectivity index (χ2v) is 11.1. The summed E-state index contributed by atoms with van der Waals surface area (Å²) in [5.41, 5.74) is 3.73. The number of sulfonamides is 1. The van der Waals surface area contributed by atoms with Gasteiger partial charge in [-0.25, -0.2) is 17.9 Å². The lowest BCUT2D eigenvalue weighted by Crippen LogP contribution is -2.17. The monoisotopic (exact) mass is 588 g/mol. The Balaban J connectivity index is 1.50. The molecule has 0 aliphatic rings. The highest BCUT2D eigenvalue weighted by atomic mass is 32.2. The van der Waals surface area contributed by atoms with Crippen LogP contribution in [-0.4, -0.2) is 40.4 Å². The van der Waals surface area contributed by atoms with Gasteiger partial charge < -0.3 is 5.11 Å². The second-order valence-electron chi connectivity index (χ2n) is 8.45. The number of aromatic carboxylic acids is 1. The van der Waals surface area contributed by atoms with E-state index in [0.717, 1.165) is 22.7 Å². The van der Waals surface area contributed by atoms with Crippen molar-refractivity contribution in [2.24, 2.45) is 5.10 Å². The quantitative estimate of drug-likeness (QED) is 0.110. The zero-order valence-corrected chi connectivity index (χ0v) is 22.5. The average molecular weight is 589 g/mol. The Morgan fingerprint density at radius 2 is 1.78 bits per heavy atom. The molecular formula is C27H20N6O6S2. The van der Waals surface area contributed by atoms with E-state index in [9.17, 15) is 28.4 Å². The summed E-state index contributed by atoms with van der Waals surface area (Å²) in [5, 5.41) is 31.7. The summed E-state index contributed by atoms with van der Waals surface area (Å²) in [7, 11) is -4.50. The van der Waals surface area contributed by atoms with Crippen LogP contribution in [-0.2, 0) is 10.0 Å². The van der Waals surface area contributed by atoms with Crippen LogP contribution in [0.5, 0.6) is 0 Å². The number of non-ortho nitro benzene ring substituents is 1. The van der Waals surface area contributed by atoms with Gasteiger partial charge in [-0.15, -0.1) is 11.3 Å². The molecular weight excluding hydrogens is 568 g/mol. The zero-order chi connectivity index (χ0) is 29.0. The fraction of sp³-hybridized carbons (Fsp3) is 0. The number of nitro groups is 1. The van der Waals surface area contributed by atoms with E-state index in [4.69, 9.17) is 0 Å². The number of benzene rings is 3. The van der Waals surface area contributed by atoms with Gasteiger partial charge >= 0.3 is 5.97 Å². The normalized spacial score (nSPS) is 11.4. The number of hydrazone groups is 1. The number of anilines is 2. The van der Waals surface area contributed by atoms with E-state index >= 15 is 0 Å². The van der Waals surface area contributed by atoms with Crippen LogP contribution in [0.4, 0.5) is 17.1 Å². The van der Waals surface area contributed by atoms with Crippen molar-refractivity contribution in [2.75, 3.05) is 10.1 Å². The van der Waals surface area contributed by atoms with Gasteiger partial charge in [0.05, 0.1) is 38.6 Å². The average Bonchev–Trinajstić information content (AvgIpc) is 3.64. The van der Waals surface area contributed by atoms with E-state index in [1.165, 1.54) is 47.9 Å². The molecule has 0 spiro atoms. The molecule has 14 heteroatoms. The number of carbonyl (C=O) groups is 1. The summed E-state index contributed by atoms with van der Waals surface area (Å²) in [6, 6.07) is 21.9. The highest BCUT2D eigenvalue weighted by Gasteiger charge is 2.24. The Labute approximate surface area is 237 Å². The van der Waals surface area contributed by atoms with Crippen molar-refractivity contribution in [1.29, 1.82) is 0 Å². The minimum Gasteiger partial charge on any atom is -0.478 e. The van der Waals surface area contributed by atoms with Gasteiger partial charge in [-0.1, -0.05) is 36.4 Å². The molecule has 12 nitrogen and oxygen atoms in total. The van der Waals surface area contributed by atoms with Gasteiger partial charge in [0.2, 0.25) is 0 Å². The molecule has 0 radical (unpaired) electrons. The molecule has 0 saturated heterocycles. The van der Waals surface area contributed by atoms with E-state index in [2.05, 4.69) is 20.3 Å². The van der Waals surface area contributed by atoms with Gasteiger partial charge in [0.25, 0.3) is 15.7 Å². The largest absolute Gasteiger partial charge is 0.478 e. The Kier molecular flexibility index (Phi) is 7.58. The number of carboxylic acid groups (broad SMARTS) is 1. The van der Waals surface area contributed by atoms with Crippen molar-refractivity contribution < 1.29 is 23.2 Å². The van der Waals surface area contributed by atoms with Gasteiger partial charge in [-0.3, -0.25) is 20.3 Å². The van der Waals surface area contributed by atoms with Crippen LogP contribution in [0.3, 0.4) is 0 Å². The first kappa shape index (κ1) is 27.2. The molecule has 0 bridgehead atoms. The fourth-order valence-corrected chi connectivity index (χ4v) is 5.86. The summed E-state index contributed by atoms with van der Waals surface area (Å²) >= 11 is 1.49. The lowest BCUT2D eigenvalue weighted by molar-refractivity contribution is -0.385. The molecule has 41 heavy (non-hydrogen) atoms. The van der Waals surface area contributed by atoms with E-state index in [1.54, 1.807) is 10.9 Å². The number of para-hydroxylation sites is 2. The van der Waals surface area contributed by atoms with Gasteiger partial charge in [0, 0.05) is 23.9 Å². The molecule has 2 heterocycles. The number of hydrogen-bond donors (Lipinski definition) is 3. The summed E-state index contributed by atoms with van der Waals surface area (Å²) in [6.07, 6.45) is 3.24. The van der Waals surface area contributed by atoms with E-state index < -0.39 is 31.5 Å². The van der Waals surface area contributed by atoms with Crippen LogP contribution in [0.15, 0.2) is 107 Å². The zero-order valence-electron chi connectivity index (χ0n) is 20.9. The van der Waals surface area contributed by atoms with Crippen molar-refractivity contribution in [3.05, 3.63) is 118 Å². The number of rotatable bonds is 10. The maximum Gasteiger partial charge on any atom is 0.337 e. The van der Waals surface area contributed by atoms with Gasteiger partial charge in [-0.05, 0) is 41.8 Å². The maximum absolute atomic E-state index is 13.3. The Bertz CT molecular complexity index is 1870. The number of nitrogens with zero attached hydrogens (tertiary/aromatic N) is 4. The van der Waals surface area contributed by atoms with Crippen LogP contribution < -0.4 is 10.1 Å². The first-order chi connectivity index (χ1) is 19.7. The molecule has 3 aromatic carbocycles. The van der Waals surface area contributed by atoms with Gasteiger partial charge in [-0.2, -0.15) is 10.2 Å². The number of carboxylic acids is 1. The SMILES string of the molecule is O=C(O)c1ccccc1NS(=O)(=O)c1cc([N+](=O)[O-])ccc1N/N=C\c1cn(-c2ccccc2)nc1-c1cccs1. The third kappa shape index (κ3) is 5.98. The minimum absolute atomic E-state index is 0.0692. The maximum atomic E-state index is 13.3. The van der Waals surface area contributed by atoms with E-state index in [0.29, 0.717) is 11.3 Å². The molecule has 0 aliphatic carbocycles. The number of nitro benzene ring substituents is 1. The highest BCUT2D eigenvalue weighted by molar-refractivity contribution is 7.93. The molecule has 3 N–H and O–H groups in total. The Morgan fingerprint density at radius 1 is 1.02 bits per heavy atom. The molecule has 0 fully saturated rings. The van der Waals surface area contributed by atoms with Crippen LogP contribution in [0.1, 0.15) is 15.9 Å². The van der Waals surface area contributed by atoms with Crippen molar-refractivity contribution in [1.82, 2.24) is 9.78 Å². The molecule has 0 saturated carbocycles. The fourth-order valence-electron chi connectivity index (χ4n) is 3.87. The smallest absolute Gasteiger partial charge is 0.337 e. The van der Waals surface area contributed by atoms with Crippen molar-refractivity contribution in [3.8, 4) is 16.3 Å². The van der Waals surface area contributed by atoms with Crippen LogP contribution in [0.25, 0.3) is 16.3 Å². The highest BCUT2D eigenvalue weighted by Crippen LogP contribution is 2.30. The topological polar surface area (TPSA) is 169 Å². The van der Waals surface area contributed by atoms with Crippen LogP contribution in [0, 0.1) is 10.1 Å². The first-order valence-corrected chi connectivity index (χ1v) is 14.2. The van der Waals surface area contributed by atoms with Crippen LogP contribution >= 0.6 is 11.3 Å². The predicted octanol–water partition coefficient (Wildman–Crippen LogP) is 5.45. The number of aromatic nitrogens is 2. The third-order valence-electron chi connectivity index (χ3n) is 5.77. The third-order valence-corrected chi connectivity index (χ3v) is 8.06. The van der Waals surface area contributed by atoms with Gasteiger partial charge in [0.15, 0.2) is 0 Å². The Morgan fingerprint density at radius 3 is 2.49 bits per heavy atom. The number of nitrogens with one attached hydrogen (secondary N) is 2. The molecule has 2 aromatic heterocycles. The lowest BCUT2D eigenvalue weighted by Gasteiger charge is -2.13.